The van der Waals surface area contributed by atoms with Crippen LogP contribution in [0, 0.1) is 6.92 Å². The number of hydrogen-bond acceptors (Lipinski definition) is 7. The number of imidazole rings is 1. The molecule has 0 aromatic carbocycles. The SMILES string of the molecule is CCCCNc1nc(N)c2ncc(Cc3cnc(N4CCCCC4)c(C)c3)n2n1. The van der Waals surface area contributed by atoms with Gasteiger partial charge in [-0.2, -0.15) is 4.98 Å². The molecule has 0 bridgehead atoms. The Morgan fingerprint density at radius 2 is 1.97 bits per heavy atom. The molecule has 0 amide bonds. The molecule has 1 saturated heterocycles. The van der Waals surface area contributed by atoms with E-state index in [4.69, 9.17) is 10.7 Å². The molecule has 1 fully saturated rings. The Balaban J connectivity index is 1.56. The lowest BCUT2D eigenvalue weighted by atomic mass is 10.1. The van der Waals surface area contributed by atoms with Crippen LogP contribution in [-0.4, -0.2) is 44.2 Å². The number of nitrogens with one attached hydrogen (secondary N) is 1. The second-order valence-corrected chi connectivity index (χ2v) is 7.79. The third-order valence-corrected chi connectivity index (χ3v) is 5.42. The molecule has 0 unspecified atom stereocenters. The smallest absolute Gasteiger partial charge is 0.243 e. The van der Waals surface area contributed by atoms with Crippen LogP contribution in [0.15, 0.2) is 18.5 Å². The number of pyridine rings is 1. The summed E-state index contributed by atoms with van der Waals surface area (Å²) in [5.41, 5.74) is 10.0. The molecule has 3 N–H and O–H groups in total. The van der Waals surface area contributed by atoms with Crippen LogP contribution in [0.4, 0.5) is 17.6 Å². The summed E-state index contributed by atoms with van der Waals surface area (Å²) >= 11 is 0. The molecular formula is C21H30N8. The molecule has 3 aromatic heterocycles. The maximum Gasteiger partial charge on any atom is 0.243 e. The van der Waals surface area contributed by atoms with Crippen molar-refractivity contribution >= 4 is 23.2 Å². The Bertz CT molecular complexity index is 974. The molecule has 8 nitrogen and oxygen atoms in total. The number of anilines is 3. The topological polar surface area (TPSA) is 97.3 Å². The molecular weight excluding hydrogens is 364 g/mol. The first-order valence-electron chi connectivity index (χ1n) is 10.6. The van der Waals surface area contributed by atoms with Gasteiger partial charge in [0, 0.05) is 32.3 Å². The van der Waals surface area contributed by atoms with Gasteiger partial charge in [-0.15, -0.1) is 5.10 Å². The van der Waals surface area contributed by atoms with Gasteiger partial charge in [0.1, 0.15) is 5.82 Å². The number of fused-ring (bicyclic) bond motifs is 1. The van der Waals surface area contributed by atoms with Crippen LogP contribution >= 0.6 is 0 Å². The van der Waals surface area contributed by atoms with Gasteiger partial charge in [-0.1, -0.05) is 19.4 Å². The zero-order valence-corrected chi connectivity index (χ0v) is 17.4. The van der Waals surface area contributed by atoms with E-state index in [0.717, 1.165) is 49.6 Å². The summed E-state index contributed by atoms with van der Waals surface area (Å²) in [6, 6.07) is 2.22. The van der Waals surface area contributed by atoms with Crippen molar-refractivity contribution in [3.05, 3.63) is 35.3 Å². The zero-order chi connectivity index (χ0) is 20.2. The molecule has 1 aliphatic rings. The van der Waals surface area contributed by atoms with Gasteiger partial charge in [0.05, 0.1) is 11.9 Å². The van der Waals surface area contributed by atoms with Crippen molar-refractivity contribution < 1.29 is 0 Å². The van der Waals surface area contributed by atoms with E-state index < -0.39 is 0 Å². The van der Waals surface area contributed by atoms with Gasteiger partial charge in [0.2, 0.25) is 5.95 Å². The van der Waals surface area contributed by atoms with Gasteiger partial charge in [-0.25, -0.2) is 14.5 Å². The fraction of sp³-hybridized carbons (Fsp3) is 0.524. The van der Waals surface area contributed by atoms with Crippen molar-refractivity contribution in [2.45, 2.75) is 52.4 Å². The zero-order valence-electron chi connectivity index (χ0n) is 17.4. The van der Waals surface area contributed by atoms with Gasteiger partial charge in [0.25, 0.3) is 0 Å². The van der Waals surface area contributed by atoms with E-state index in [0.29, 0.717) is 23.8 Å². The van der Waals surface area contributed by atoms with E-state index in [-0.39, 0.29) is 0 Å². The van der Waals surface area contributed by atoms with E-state index in [1.165, 1.54) is 24.8 Å². The van der Waals surface area contributed by atoms with Crippen molar-refractivity contribution in [1.29, 1.82) is 0 Å². The quantitative estimate of drug-likeness (QED) is 0.594. The van der Waals surface area contributed by atoms with E-state index >= 15 is 0 Å². The predicted molar refractivity (Wildman–Crippen MR) is 116 cm³/mol. The minimum Gasteiger partial charge on any atom is -0.380 e. The van der Waals surface area contributed by atoms with E-state index in [2.05, 4.69) is 45.2 Å². The van der Waals surface area contributed by atoms with Crippen molar-refractivity contribution in [3.63, 3.8) is 0 Å². The largest absolute Gasteiger partial charge is 0.380 e. The third kappa shape index (κ3) is 4.26. The molecule has 29 heavy (non-hydrogen) atoms. The van der Waals surface area contributed by atoms with Gasteiger partial charge < -0.3 is 16.0 Å². The van der Waals surface area contributed by atoms with E-state index in [9.17, 15) is 0 Å². The third-order valence-electron chi connectivity index (χ3n) is 5.42. The van der Waals surface area contributed by atoms with Gasteiger partial charge >= 0.3 is 0 Å². The highest BCUT2D eigenvalue weighted by Gasteiger charge is 2.16. The standard InChI is InChI=1S/C21H30N8/c1-3-4-8-23-21-26-18(22)20-25-14-17(29(20)27-21)12-16-11-15(2)19(24-13-16)28-9-6-5-7-10-28/h11,13-14H,3-10,12H2,1-2H3,(H3,22,23,26,27). The average molecular weight is 395 g/mol. The molecule has 1 aliphatic heterocycles. The van der Waals surface area contributed by atoms with Crippen LogP contribution in [0.2, 0.25) is 0 Å². The highest BCUT2D eigenvalue weighted by Crippen LogP contribution is 2.23. The van der Waals surface area contributed by atoms with Crippen LogP contribution in [0.5, 0.6) is 0 Å². The molecule has 8 heteroatoms. The first-order chi connectivity index (χ1) is 14.2. The summed E-state index contributed by atoms with van der Waals surface area (Å²) in [5, 5.41) is 7.84. The lowest BCUT2D eigenvalue weighted by Gasteiger charge is -2.29. The monoisotopic (exact) mass is 394 g/mol. The molecule has 0 spiro atoms. The number of nitrogens with two attached hydrogens (primary N) is 1. The highest BCUT2D eigenvalue weighted by atomic mass is 15.3. The second-order valence-electron chi connectivity index (χ2n) is 7.79. The molecule has 0 saturated carbocycles. The Morgan fingerprint density at radius 1 is 1.14 bits per heavy atom. The molecule has 4 rings (SSSR count). The lowest BCUT2D eigenvalue weighted by Crippen LogP contribution is -2.30. The predicted octanol–water partition coefficient (Wildman–Crippen LogP) is 3.20. The Kier molecular flexibility index (Phi) is 5.78. The number of nitrogen functional groups attached to an aromatic ring is 1. The number of piperidine rings is 1. The molecule has 4 heterocycles. The Labute approximate surface area is 171 Å². The molecule has 0 aliphatic carbocycles. The molecule has 0 radical (unpaired) electrons. The lowest BCUT2D eigenvalue weighted by molar-refractivity contribution is 0.572. The van der Waals surface area contributed by atoms with Crippen molar-refractivity contribution in [1.82, 2.24) is 24.6 Å². The molecule has 154 valence electrons. The fourth-order valence-electron chi connectivity index (χ4n) is 3.89. The van der Waals surface area contributed by atoms with Crippen molar-refractivity contribution in [3.8, 4) is 0 Å². The highest BCUT2D eigenvalue weighted by molar-refractivity contribution is 5.61. The van der Waals surface area contributed by atoms with E-state index in [1.54, 1.807) is 4.52 Å². The molecule has 3 aromatic rings. The maximum absolute atomic E-state index is 6.10. The van der Waals surface area contributed by atoms with Gasteiger partial charge in [0.15, 0.2) is 11.5 Å². The van der Waals surface area contributed by atoms with Crippen LogP contribution in [-0.2, 0) is 6.42 Å². The van der Waals surface area contributed by atoms with E-state index in [1.807, 2.05) is 12.4 Å². The Hall–Kier alpha value is -2.90. The fourth-order valence-corrected chi connectivity index (χ4v) is 3.89. The first kappa shape index (κ1) is 19.4. The van der Waals surface area contributed by atoms with Crippen LogP contribution in [0.3, 0.4) is 0 Å². The van der Waals surface area contributed by atoms with Crippen molar-refractivity contribution in [2.24, 2.45) is 0 Å². The first-order valence-corrected chi connectivity index (χ1v) is 10.6. The summed E-state index contributed by atoms with van der Waals surface area (Å²) in [5.74, 6) is 2.04. The Morgan fingerprint density at radius 3 is 2.72 bits per heavy atom. The summed E-state index contributed by atoms with van der Waals surface area (Å²) in [4.78, 5) is 15.9. The molecule has 0 atom stereocenters. The minimum absolute atomic E-state index is 0.389. The number of nitrogens with zero attached hydrogens (tertiary/aromatic N) is 6. The number of aromatic nitrogens is 5. The van der Waals surface area contributed by atoms with Gasteiger partial charge in [-0.05, 0) is 43.7 Å². The number of hydrogen-bond donors (Lipinski definition) is 2. The minimum atomic E-state index is 0.389. The number of aryl methyl sites for hydroxylation is 1. The second kappa shape index (κ2) is 8.63. The summed E-state index contributed by atoms with van der Waals surface area (Å²) < 4.78 is 1.80. The summed E-state index contributed by atoms with van der Waals surface area (Å²) in [6.45, 7) is 7.33. The normalized spacial score (nSPS) is 14.5. The number of rotatable bonds is 7. The van der Waals surface area contributed by atoms with Crippen LogP contribution in [0.1, 0.15) is 55.8 Å². The number of unbranched alkanes of at least 4 members (excludes halogenated alkanes) is 1. The van der Waals surface area contributed by atoms with Crippen LogP contribution in [0.25, 0.3) is 5.65 Å². The summed E-state index contributed by atoms with van der Waals surface area (Å²) in [6.07, 6.45) is 10.5. The average Bonchev–Trinajstić information content (AvgIpc) is 3.12. The maximum atomic E-state index is 6.10. The van der Waals surface area contributed by atoms with Crippen LogP contribution < -0.4 is 16.0 Å². The van der Waals surface area contributed by atoms with Gasteiger partial charge in [-0.3, -0.25) is 0 Å². The summed E-state index contributed by atoms with van der Waals surface area (Å²) in [7, 11) is 0. The van der Waals surface area contributed by atoms with Crippen molar-refractivity contribution in [2.75, 3.05) is 35.6 Å².